The molecule has 0 rings (SSSR count). The molecule has 2 heteroatoms. The van der Waals surface area contributed by atoms with Crippen LogP contribution in [0.15, 0.2) is 11.5 Å². The van der Waals surface area contributed by atoms with Gasteiger partial charge in [-0.3, -0.25) is 0 Å². The molecule has 0 fully saturated rings. The lowest BCUT2D eigenvalue weighted by Crippen LogP contribution is -1.86. The molecule has 0 aliphatic carbocycles. The molecule has 9 heavy (non-hydrogen) atoms. The van der Waals surface area contributed by atoms with Gasteiger partial charge in [-0.1, -0.05) is 41.5 Å². The predicted molar refractivity (Wildman–Crippen MR) is 49.7 cm³/mol. The molecule has 0 saturated carbocycles. The second kappa shape index (κ2) is 6.56. The lowest BCUT2D eigenvalue weighted by molar-refractivity contribution is 0.912. The van der Waals surface area contributed by atoms with E-state index in [2.05, 4.69) is 25.3 Å². The lowest BCUT2D eigenvalue weighted by atomic mass is 10.4. The quantitative estimate of drug-likeness (QED) is 0.578. The van der Waals surface area contributed by atoms with Crippen LogP contribution in [0.4, 0.5) is 0 Å². The van der Waals surface area contributed by atoms with Crippen molar-refractivity contribution in [2.75, 3.05) is 0 Å². The van der Waals surface area contributed by atoms with Crippen LogP contribution in [-0.4, -0.2) is 5.25 Å². The van der Waals surface area contributed by atoms with Gasteiger partial charge in [0.05, 0.1) is 0 Å². The van der Waals surface area contributed by atoms with Gasteiger partial charge in [-0.2, -0.15) is 0 Å². The summed E-state index contributed by atoms with van der Waals surface area (Å²) in [6.07, 6.45) is 3.33. The summed E-state index contributed by atoms with van der Waals surface area (Å²) in [6, 6.07) is 0. The summed E-state index contributed by atoms with van der Waals surface area (Å²) in [5.74, 6) is 0. The molecule has 0 bridgehead atoms. The second-order valence-corrected chi connectivity index (χ2v) is 4.50. The Hall–Kier alpha value is 0.440. The van der Waals surface area contributed by atoms with E-state index in [-0.39, 0.29) is 0 Å². The first kappa shape index (κ1) is 9.44. The van der Waals surface area contributed by atoms with Crippen LogP contribution in [0.3, 0.4) is 0 Å². The van der Waals surface area contributed by atoms with E-state index in [1.807, 2.05) is 28.5 Å². The molecule has 0 aromatic carbocycles. The normalized spacial score (nSPS) is 14.6. The first-order chi connectivity index (χ1) is 4.31. The number of hydrogen-bond donors (Lipinski definition) is 0. The third-order valence-corrected chi connectivity index (χ3v) is 3.79. The Kier molecular flexibility index (Phi) is 6.88. The van der Waals surface area contributed by atoms with Crippen molar-refractivity contribution >= 4 is 21.6 Å². The Morgan fingerprint density at radius 3 is 2.67 bits per heavy atom. The third-order valence-electron chi connectivity index (χ3n) is 0.986. The first-order valence-corrected chi connectivity index (χ1v) is 5.52. The van der Waals surface area contributed by atoms with Gasteiger partial charge in [-0.15, -0.1) is 0 Å². The molecular weight excluding hydrogens is 148 g/mol. The summed E-state index contributed by atoms with van der Waals surface area (Å²) in [4.78, 5) is 0. The predicted octanol–water partition coefficient (Wildman–Crippen LogP) is 3.70. The average Bonchev–Trinajstić information content (AvgIpc) is 1.89. The average molecular weight is 162 g/mol. The molecule has 0 aliphatic rings. The minimum atomic E-state index is 0.784. The van der Waals surface area contributed by atoms with Crippen LogP contribution in [0, 0.1) is 0 Å². The molecule has 1 atom stereocenters. The number of allylic oxidation sites excluding steroid dienone is 1. The SMILES string of the molecule is C/C=C\SS[C@H](C)CC. The molecule has 0 heterocycles. The highest BCUT2D eigenvalue weighted by molar-refractivity contribution is 8.78. The van der Waals surface area contributed by atoms with Crippen molar-refractivity contribution in [2.24, 2.45) is 0 Å². The van der Waals surface area contributed by atoms with Crippen molar-refractivity contribution in [3.63, 3.8) is 0 Å². The summed E-state index contributed by atoms with van der Waals surface area (Å²) >= 11 is 0. The van der Waals surface area contributed by atoms with Crippen LogP contribution < -0.4 is 0 Å². The molecule has 0 spiro atoms. The van der Waals surface area contributed by atoms with Crippen molar-refractivity contribution in [3.05, 3.63) is 11.5 Å². The van der Waals surface area contributed by atoms with Gasteiger partial charge in [0.1, 0.15) is 0 Å². The van der Waals surface area contributed by atoms with E-state index in [9.17, 15) is 0 Å². The smallest absolute Gasteiger partial charge is 0.0123 e. The van der Waals surface area contributed by atoms with E-state index in [0.29, 0.717) is 0 Å². The Bertz CT molecular complexity index is 79.0. The van der Waals surface area contributed by atoms with E-state index in [1.54, 1.807) is 0 Å². The zero-order valence-electron chi connectivity index (χ0n) is 6.26. The van der Waals surface area contributed by atoms with Gasteiger partial charge in [0.15, 0.2) is 0 Å². The van der Waals surface area contributed by atoms with Crippen LogP contribution in [0.2, 0.25) is 0 Å². The van der Waals surface area contributed by atoms with Crippen LogP contribution in [-0.2, 0) is 0 Å². The highest BCUT2D eigenvalue weighted by Crippen LogP contribution is 2.28. The summed E-state index contributed by atoms with van der Waals surface area (Å²) in [7, 11) is 3.75. The van der Waals surface area contributed by atoms with Gasteiger partial charge in [0, 0.05) is 5.25 Å². The summed E-state index contributed by atoms with van der Waals surface area (Å²) in [6.45, 7) is 6.51. The summed E-state index contributed by atoms with van der Waals surface area (Å²) in [5, 5.41) is 2.91. The molecule has 0 unspecified atom stereocenters. The fourth-order valence-electron chi connectivity index (χ4n) is 0.251. The molecular formula is C7H14S2. The zero-order chi connectivity index (χ0) is 7.11. The number of rotatable bonds is 4. The molecule has 0 saturated heterocycles. The second-order valence-electron chi connectivity index (χ2n) is 1.88. The van der Waals surface area contributed by atoms with Crippen LogP contribution in [0.25, 0.3) is 0 Å². The minimum Gasteiger partial charge on any atom is -0.0864 e. The minimum absolute atomic E-state index is 0.784. The Balaban J connectivity index is 3.06. The maximum Gasteiger partial charge on any atom is 0.0123 e. The third kappa shape index (κ3) is 6.32. The zero-order valence-corrected chi connectivity index (χ0v) is 7.89. The van der Waals surface area contributed by atoms with Crippen molar-refractivity contribution in [1.82, 2.24) is 0 Å². The van der Waals surface area contributed by atoms with Crippen molar-refractivity contribution in [3.8, 4) is 0 Å². The Labute approximate surface area is 65.9 Å². The van der Waals surface area contributed by atoms with E-state index >= 15 is 0 Å². The van der Waals surface area contributed by atoms with E-state index in [0.717, 1.165) is 5.25 Å². The highest BCUT2D eigenvalue weighted by atomic mass is 33.1. The summed E-state index contributed by atoms with van der Waals surface area (Å²) < 4.78 is 0. The van der Waals surface area contributed by atoms with Crippen molar-refractivity contribution in [1.29, 1.82) is 0 Å². The van der Waals surface area contributed by atoms with Gasteiger partial charge >= 0.3 is 0 Å². The molecule has 0 aromatic rings. The standard InChI is InChI=1S/C7H14S2/c1-4-6-8-9-7(3)5-2/h4,6-7H,5H2,1-3H3/b6-4-/t7-/m1/s1. The molecule has 0 aromatic heterocycles. The topological polar surface area (TPSA) is 0 Å². The van der Waals surface area contributed by atoms with Gasteiger partial charge in [-0.25, -0.2) is 0 Å². The molecule has 0 aliphatic heterocycles. The number of hydrogen-bond acceptors (Lipinski definition) is 2. The Morgan fingerprint density at radius 2 is 2.22 bits per heavy atom. The lowest BCUT2D eigenvalue weighted by Gasteiger charge is -2.02. The van der Waals surface area contributed by atoms with Crippen LogP contribution >= 0.6 is 21.6 Å². The van der Waals surface area contributed by atoms with Gasteiger partial charge < -0.3 is 0 Å². The largest absolute Gasteiger partial charge is 0.0864 e. The van der Waals surface area contributed by atoms with Crippen molar-refractivity contribution in [2.45, 2.75) is 32.4 Å². The van der Waals surface area contributed by atoms with Gasteiger partial charge in [-0.05, 0) is 18.8 Å². The van der Waals surface area contributed by atoms with E-state index < -0.39 is 0 Å². The maximum atomic E-state index is 2.25. The van der Waals surface area contributed by atoms with Crippen molar-refractivity contribution < 1.29 is 0 Å². The molecule has 54 valence electrons. The molecule has 0 nitrogen and oxygen atoms in total. The van der Waals surface area contributed by atoms with Gasteiger partial charge in [0.25, 0.3) is 0 Å². The van der Waals surface area contributed by atoms with Crippen LogP contribution in [0.5, 0.6) is 0 Å². The molecule has 0 amide bonds. The molecule has 0 radical (unpaired) electrons. The maximum absolute atomic E-state index is 2.25. The Morgan fingerprint density at radius 1 is 1.56 bits per heavy atom. The van der Waals surface area contributed by atoms with E-state index in [1.165, 1.54) is 6.42 Å². The first-order valence-electron chi connectivity index (χ1n) is 3.24. The monoisotopic (exact) mass is 162 g/mol. The molecule has 0 N–H and O–H groups in total. The van der Waals surface area contributed by atoms with Gasteiger partial charge in [0.2, 0.25) is 0 Å². The highest BCUT2D eigenvalue weighted by Gasteiger charge is 1.95. The summed E-state index contributed by atoms with van der Waals surface area (Å²) in [5.41, 5.74) is 0. The van der Waals surface area contributed by atoms with E-state index in [4.69, 9.17) is 0 Å². The fraction of sp³-hybridized carbons (Fsp3) is 0.714. The fourth-order valence-corrected chi connectivity index (χ4v) is 2.25. The van der Waals surface area contributed by atoms with Crippen LogP contribution in [0.1, 0.15) is 27.2 Å².